The van der Waals surface area contributed by atoms with Gasteiger partial charge in [0.15, 0.2) is 11.5 Å². The Bertz CT molecular complexity index is 589. The molecule has 8 nitrogen and oxygen atoms in total. The third kappa shape index (κ3) is 7.53. The fraction of sp³-hybridized carbons (Fsp3) is 0.214. The minimum absolute atomic E-state index is 0.0706. The monoisotopic (exact) mass is 311 g/mol. The average Bonchev–Trinajstić information content (AvgIpc) is 2.36. The van der Waals surface area contributed by atoms with Crippen LogP contribution in [0.5, 0.6) is 11.5 Å². The second-order valence-corrected chi connectivity index (χ2v) is 3.98. The van der Waals surface area contributed by atoms with Gasteiger partial charge in [-0.2, -0.15) is 0 Å². The second-order valence-electron chi connectivity index (χ2n) is 3.98. The summed E-state index contributed by atoms with van der Waals surface area (Å²) in [7, 11) is 1.37. The van der Waals surface area contributed by atoms with Crippen LogP contribution in [-0.4, -0.2) is 40.3 Å². The van der Waals surface area contributed by atoms with E-state index in [0.29, 0.717) is 5.56 Å². The van der Waals surface area contributed by atoms with Crippen LogP contribution in [0.3, 0.4) is 0 Å². The van der Waals surface area contributed by atoms with Crippen LogP contribution in [0.15, 0.2) is 24.3 Å². The van der Waals surface area contributed by atoms with Crippen molar-refractivity contribution < 1.29 is 34.4 Å². The maximum atomic E-state index is 11.0. The molecule has 1 aromatic carbocycles. The number of aromatic hydroxyl groups is 1. The number of hydrogen-bond donors (Lipinski definition) is 4. The highest BCUT2D eigenvalue weighted by atomic mass is 16.5. The Balaban J connectivity index is 0.000000980. The summed E-state index contributed by atoms with van der Waals surface area (Å²) in [6.45, 7) is 2.35. The number of carboxylic acids is 2. The van der Waals surface area contributed by atoms with Gasteiger partial charge in [-0.05, 0) is 18.2 Å². The van der Waals surface area contributed by atoms with E-state index in [9.17, 15) is 14.7 Å². The smallest absolute Gasteiger partial charge is 0.330 e. The number of carbonyl (C=O) groups excluding carboxylic acids is 1. The predicted molar refractivity (Wildman–Crippen MR) is 77.4 cm³/mol. The molecule has 1 amide bonds. The molecular formula is C14H17NO7. The van der Waals surface area contributed by atoms with Crippen LogP contribution in [-0.2, 0) is 14.4 Å². The van der Waals surface area contributed by atoms with Gasteiger partial charge in [-0.3, -0.25) is 9.59 Å². The minimum Gasteiger partial charge on any atom is -0.504 e. The molecule has 0 saturated carbocycles. The van der Waals surface area contributed by atoms with Gasteiger partial charge in [0.1, 0.15) is 0 Å². The lowest BCUT2D eigenvalue weighted by Gasteiger charge is -2.10. The fourth-order valence-corrected chi connectivity index (χ4v) is 1.35. The van der Waals surface area contributed by atoms with Crippen molar-refractivity contribution in [3.05, 3.63) is 29.8 Å². The summed E-state index contributed by atoms with van der Waals surface area (Å²) in [5.41, 5.74) is 0.538. The topological polar surface area (TPSA) is 133 Å². The quantitative estimate of drug-likeness (QED) is 0.611. The van der Waals surface area contributed by atoms with Gasteiger partial charge >= 0.3 is 5.97 Å². The van der Waals surface area contributed by atoms with Crippen LogP contribution >= 0.6 is 0 Å². The van der Waals surface area contributed by atoms with E-state index in [1.165, 1.54) is 32.2 Å². The van der Waals surface area contributed by atoms with E-state index >= 15 is 0 Å². The number of aliphatic carboxylic acids is 2. The third-order valence-electron chi connectivity index (χ3n) is 2.07. The summed E-state index contributed by atoms with van der Waals surface area (Å²) in [6.07, 6.45) is 0.868. The number of amides is 1. The van der Waals surface area contributed by atoms with Gasteiger partial charge in [0, 0.05) is 25.5 Å². The first kappa shape index (κ1) is 19.0. The molecule has 0 aliphatic rings. The normalized spacial score (nSPS) is 10.0. The minimum atomic E-state index is -1.19. The van der Waals surface area contributed by atoms with Crippen molar-refractivity contribution in [1.29, 1.82) is 0 Å². The second kappa shape index (κ2) is 9.01. The van der Waals surface area contributed by atoms with Gasteiger partial charge in [0.2, 0.25) is 5.91 Å². The zero-order valence-corrected chi connectivity index (χ0v) is 12.3. The highest BCUT2D eigenvalue weighted by molar-refractivity contribution is 5.94. The Labute approximate surface area is 126 Å². The van der Waals surface area contributed by atoms with Gasteiger partial charge in [-0.1, -0.05) is 0 Å². The lowest BCUT2D eigenvalue weighted by atomic mass is 10.1. The molecule has 0 atom stereocenters. The molecule has 0 bridgehead atoms. The molecule has 0 aliphatic carbocycles. The molecule has 0 heterocycles. The van der Waals surface area contributed by atoms with Gasteiger partial charge in [0.05, 0.1) is 12.8 Å². The summed E-state index contributed by atoms with van der Waals surface area (Å²) in [6, 6.07) is 4.26. The average molecular weight is 311 g/mol. The predicted octanol–water partition coefficient (Wildman–Crippen LogP) is 1.05. The first-order valence-electron chi connectivity index (χ1n) is 5.96. The standard InChI is InChI=1S/C12H13NO5.C2H4O2/c1-7(14)13-9(6-12(16)17)8-3-4-10(15)11(5-8)18-2;1-2(3)4/h3-6,15H,1-2H3,(H,13,14)(H,16,17);1H3,(H,3,4). The van der Waals surface area contributed by atoms with E-state index in [4.69, 9.17) is 19.7 Å². The number of phenolic OH excluding ortho intramolecular Hbond substituents is 1. The number of nitrogens with one attached hydrogen (secondary N) is 1. The summed E-state index contributed by atoms with van der Waals surface area (Å²) in [4.78, 5) is 30.7. The highest BCUT2D eigenvalue weighted by Crippen LogP contribution is 2.28. The molecule has 120 valence electrons. The molecule has 0 aromatic heterocycles. The Hall–Kier alpha value is -3.03. The maximum Gasteiger partial charge on any atom is 0.330 e. The van der Waals surface area contributed by atoms with Crippen LogP contribution in [0.25, 0.3) is 5.70 Å². The van der Waals surface area contributed by atoms with Gasteiger partial charge in [0.25, 0.3) is 5.97 Å². The SMILES string of the molecule is CC(=O)O.COc1cc(C(=CC(=O)O)NC(C)=O)ccc1O. The molecule has 0 unspecified atom stereocenters. The van der Waals surface area contributed by atoms with E-state index in [2.05, 4.69) is 5.32 Å². The van der Waals surface area contributed by atoms with Gasteiger partial charge in [-0.25, -0.2) is 4.79 Å². The molecule has 0 saturated heterocycles. The van der Waals surface area contributed by atoms with E-state index in [1.807, 2.05) is 0 Å². The number of methoxy groups -OCH3 is 1. The van der Waals surface area contributed by atoms with Crippen molar-refractivity contribution in [3.8, 4) is 11.5 Å². The molecule has 4 N–H and O–H groups in total. The van der Waals surface area contributed by atoms with Gasteiger partial charge in [-0.15, -0.1) is 0 Å². The largest absolute Gasteiger partial charge is 0.504 e. The van der Waals surface area contributed by atoms with Crippen molar-refractivity contribution in [1.82, 2.24) is 5.32 Å². The molecule has 0 radical (unpaired) electrons. The molecule has 22 heavy (non-hydrogen) atoms. The summed E-state index contributed by atoms with van der Waals surface area (Å²) in [5, 5.41) is 28.0. The summed E-state index contributed by atoms with van der Waals surface area (Å²) in [5.74, 6) is -2.30. The van der Waals surface area contributed by atoms with Crippen molar-refractivity contribution in [2.24, 2.45) is 0 Å². The van der Waals surface area contributed by atoms with E-state index < -0.39 is 17.8 Å². The molecule has 8 heteroatoms. The van der Waals surface area contributed by atoms with E-state index in [-0.39, 0.29) is 17.2 Å². The first-order valence-corrected chi connectivity index (χ1v) is 5.96. The van der Waals surface area contributed by atoms with Crippen LogP contribution in [0.1, 0.15) is 19.4 Å². The van der Waals surface area contributed by atoms with Crippen molar-refractivity contribution in [3.63, 3.8) is 0 Å². The molecule has 0 aliphatic heterocycles. The number of carbonyl (C=O) groups is 3. The summed E-state index contributed by atoms with van der Waals surface area (Å²) >= 11 is 0. The Morgan fingerprint density at radius 2 is 1.73 bits per heavy atom. The summed E-state index contributed by atoms with van der Waals surface area (Å²) < 4.78 is 4.91. The maximum absolute atomic E-state index is 11.0. The number of carboxylic acid groups (broad SMARTS) is 2. The lowest BCUT2D eigenvalue weighted by molar-refractivity contribution is -0.134. The molecule has 0 spiro atoms. The third-order valence-corrected chi connectivity index (χ3v) is 2.07. The van der Waals surface area contributed by atoms with Crippen LogP contribution in [0, 0.1) is 0 Å². The van der Waals surface area contributed by atoms with E-state index in [0.717, 1.165) is 13.0 Å². The first-order chi connectivity index (χ1) is 10.2. The zero-order chi connectivity index (χ0) is 17.3. The zero-order valence-electron chi connectivity index (χ0n) is 12.3. The molecule has 1 rings (SSSR count). The number of rotatable bonds is 4. The Morgan fingerprint density at radius 1 is 1.18 bits per heavy atom. The molecule has 0 fully saturated rings. The van der Waals surface area contributed by atoms with E-state index in [1.54, 1.807) is 0 Å². The molecular weight excluding hydrogens is 294 g/mol. The fourth-order valence-electron chi connectivity index (χ4n) is 1.35. The van der Waals surface area contributed by atoms with Crippen LogP contribution in [0.2, 0.25) is 0 Å². The van der Waals surface area contributed by atoms with Crippen LogP contribution in [0.4, 0.5) is 0 Å². The Kier molecular flexibility index (Phi) is 7.77. The highest BCUT2D eigenvalue weighted by Gasteiger charge is 2.09. The lowest BCUT2D eigenvalue weighted by Crippen LogP contribution is -2.19. The van der Waals surface area contributed by atoms with Crippen molar-refractivity contribution in [2.45, 2.75) is 13.8 Å². The van der Waals surface area contributed by atoms with Crippen molar-refractivity contribution >= 4 is 23.5 Å². The number of benzene rings is 1. The van der Waals surface area contributed by atoms with Crippen molar-refractivity contribution in [2.75, 3.05) is 7.11 Å². The van der Waals surface area contributed by atoms with Crippen LogP contribution < -0.4 is 10.1 Å². The van der Waals surface area contributed by atoms with Gasteiger partial charge < -0.3 is 25.4 Å². The number of phenols is 1. The molecule has 1 aromatic rings. The number of hydrogen-bond acceptors (Lipinski definition) is 5. The Morgan fingerprint density at radius 3 is 2.14 bits per heavy atom. The number of ether oxygens (including phenoxy) is 1.